The Morgan fingerprint density at radius 2 is 2.20 bits per heavy atom. The molecule has 3 nitrogen and oxygen atoms in total. The molecule has 1 saturated carbocycles. The predicted molar refractivity (Wildman–Crippen MR) is 60.2 cm³/mol. The Balaban J connectivity index is 0.000000337. The Labute approximate surface area is 97.3 Å². The summed E-state index contributed by atoms with van der Waals surface area (Å²) in [6, 6.07) is 3.72. The van der Waals surface area contributed by atoms with E-state index in [1.165, 1.54) is 6.92 Å². The first-order valence-corrected chi connectivity index (χ1v) is 5.36. The van der Waals surface area contributed by atoms with Gasteiger partial charge in [-0.05, 0) is 40.4 Å². The molecule has 0 atom stereocenters. The number of hydrogen-bond donors (Lipinski definition) is 0. The van der Waals surface area contributed by atoms with Crippen molar-refractivity contribution in [2.45, 2.75) is 25.2 Å². The highest BCUT2D eigenvalue weighted by atomic mass is 79.9. The van der Waals surface area contributed by atoms with E-state index in [2.05, 4.69) is 20.9 Å². The number of aromatic nitrogens is 1. The highest BCUT2D eigenvalue weighted by Crippen LogP contribution is 2.46. The van der Waals surface area contributed by atoms with Gasteiger partial charge in [0.1, 0.15) is 6.29 Å². The smallest absolute Gasteiger partial charge is 0.130 e. The van der Waals surface area contributed by atoms with Crippen LogP contribution in [0.1, 0.15) is 25.3 Å². The lowest BCUT2D eigenvalue weighted by molar-refractivity contribution is -0.109. The molecule has 0 bridgehead atoms. The molecule has 1 aliphatic rings. The molecule has 0 N–H and O–H groups in total. The van der Waals surface area contributed by atoms with Gasteiger partial charge in [-0.3, -0.25) is 4.98 Å². The third-order valence-corrected chi connectivity index (χ3v) is 2.73. The summed E-state index contributed by atoms with van der Waals surface area (Å²) in [4.78, 5) is 14.8. The topological polar surface area (TPSA) is 53.8 Å². The molecule has 78 valence electrons. The van der Waals surface area contributed by atoms with Crippen molar-refractivity contribution in [2.75, 3.05) is 0 Å². The summed E-state index contributed by atoms with van der Waals surface area (Å²) < 4.78 is 0.938. The molecule has 1 fully saturated rings. The average molecular weight is 267 g/mol. The molecule has 0 amide bonds. The third-order valence-electron chi connectivity index (χ3n) is 2.29. The first-order chi connectivity index (χ1) is 7.18. The summed E-state index contributed by atoms with van der Waals surface area (Å²) in [5, 5.41) is 7.32. The summed E-state index contributed by atoms with van der Waals surface area (Å²) in [6.07, 6.45) is 6.47. The Kier molecular flexibility index (Phi) is 3.98. The van der Waals surface area contributed by atoms with Crippen molar-refractivity contribution in [3.8, 4) is 6.07 Å². The number of rotatable bonds is 2. The van der Waals surface area contributed by atoms with Gasteiger partial charge in [0.2, 0.25) is 0 Å². The minimum atomic E-state index is -0.198. The van der Waals surface area contributed by atoms with Crippen molar-refractivity contribution >= 4 is 22.2 Å². The van der Waals surface area contributed by atoms with E-state index in [4.69, 9.17) is 5.26 Å². The van der Waals surface area contributed by atoms with Crippen molar-refractivity contribution in [1.82, 2.24) is 4.98 Å². The average Bonchev–Trinajstić information content (AvgIpc) is 2.99. The predicted octanol–water partition coefficient (Wildman–Crippen LogP) is 2.60. The standard InChI is InChI=1S/C9H8BrNO.C2H3N/c10-8-3-7(4-11-5-8)9(6-12)1-2-9;1-2-3/h3-6H,1-2H2;1H3. The number of aldehydes is 1. The van der Waals surface area contributed by atoms with Crippen molar-refractivity contribution < 1.29 is 4.79 Å². The number of nitrogens with zero attached hydrogens (tertiary/aromatic N) is 2. The van der Waals surface area contributed by atoms with Crippen LogP contribution in [0.25, 0.3) is 0 Å². The zero-order valence-corrected chi connectivity index (χ0v) is 9.99. The maximum absolute atomic E-state index is 10.8. The molecular weight excluding hydrogens is 256 g/mol. The molecule has 4 heteroatoms. The van der Waals surface area contributed by atoms with Gasteiger partial charge in [-0.1, -0.05) is 0 Å². The lowest BCUT2D eigenvalue weighted by Gasteiger charge is -2.05. The van der Waals surface area contributed by atoms with Crippen molar-refractivity contribution in [1.29, 1.82) is 5.26 Å². The van der Waals surface area contributed by atoms with E-state index >= 15 is 0 Å². The zero-order chi connectivity index (χ0) is 11.3. The SMILES string of the molecule is CC#N.O=CC1(c2cncc(Br)c2)CC1. The van der Waals surface area contributed by atoms with Crippen molar-refractivity contribution in [2.24, 2.45) is 0 Å². The lowest BCUT2D eigenvalue weighted by Crippen LogP contribution is -2.07. The number of carbonyl (C=O) groups is 1. The summed E-state index contributed by atoms with van der Waals surface area (Å²) in [7, 11) is 0. The van der Waals surface area contributed by atoms with E-state index in [0.717, 1.165) is 29.2 Å². The molecule has 1 aromatic rings. The molecule has 2 rings (SSSR count). The molecule has 1 aliphatic carbocycles. The highest BCUT2D eigenvalue weighted by molar-refractivity contribution is 9.10. The second kappa shape index (κ2) is 5.04. The van der Waals surface area contributed by atoms with E-state index in [1.54, 1.807) is 18.5 Å². The summed E-state index contributed by atoms with van der Waals surface area (Å²) in [5.41, 5.74) is 0.837. The van der Waals surface area contributed by atoms with Crippen LogP contribution in [0.2, 0.25) is 0 Å². The lowest BCUT2D eigenvalue weighted by atomic mass is 10.0. The molecule has 15 heavy (non-hydrogen) atoms. The van der Waals surface area contributed by atoms with Crippen LogP contribution < -0.4 is 0 Å². The summed E-state index contributed by atoms with van der Waals surface area (Å²) in [5.74, 6) is 0. The van der Waals surface area contributed by atoms with Gasteiger partial charge < -0.3 is 4.79 Å². The minimum Gasteiger partial charge on any atom is -0.302 e. The van der Waals surface area contributed by atoms with Gasteiger partial charge in [0.15, 0.2) is 0 Å². The van der Waals surface area contributed by atoms with Crippen LogP contribution >= 0.6 is 15.9 Å². The van der Waals surface area contributed by atoms with E-state index in [1.807, 2.05) is 6.07 Å². The third kappa shape index (κ3) is 2.87. The molecule has 1 aromatic heterocycles. The van der Waals surface area contributed by atoms with Crippen LogP contribution in [-0.4, -0.2) is 11.3 Å². The fraction of sp³-hybridized carbons (Fsp3) is 0.364. The first kappa shape index (κ1) is 11.9. The van der Waals surface area contributed by atoms with E-state index in [-0.39, 0.29) is 5.41 Å². The van der Waals surface area contributed by atoms with Gasteiger partial charge in [0.05, 0.1) is 11.5 Å². The first-order valence-electron chi connectivity index (χ1n) is 4.57. The van der Waals surface area contributed by atoms with E-state index < -0.39 is 0 Å². The fourth-order valence-electron chi connectivity index (χ4n) is 1.29. The van der Waals surface area contributed by atoms with Crippen LogP contribution in [0.4, 0.5) is 0 Å². The van der Waals surface area contributed by atoms with Gasteiger partial charge in [-0.25, -0.2) is 0 Å². The molecule has 0 unspecified atom stereocenters. The number of nitriles is 1. The van der Waals surface area contributed by atoms with Crippen molar-refractivity contribution in [3.63, 3.8) is 0 Å². The van der Waals surface area contributed by atoms with Crippen LogP contribution in [-0.2, 0) is 10.2 Å². The monoisotopic (exact) mass is 266 g/mol. The molecule has 0 aliphatic heterocycles. The van der Waals surface area contributed by atoms with Crippen LogP contribution in [0, 0.1) is 11.3 Å². The Bertz CT molecular complexity index is 394. The summed E-state index contributed by atoms with van der Waals surface area (Å²) >= 11 is 3.33. The Morgan fingerprint density at radius 3 is 2.60 bits per heavy atom. The van der Waals surface area contributed by atoms with Crippen LogP contribution in [0.3, 0.4) is 0 Å². The molecule has 0 saturated heterocycles. The maximum Gasteiger partial charge on any atom is 0.130 e. The van der Waals surface area contributed by atoms with Crippen LogP contribution in [0.15, 0.2) is 22.9 Å². The van der Waals surface area contributed by atoms with Gasteiger partial charge in [0, 0.05) is 23.8 Å². The second-order valence-corrected chi connectivity index (χ2v) is 4.31. The van der Waals surface area contributed by atoms with E-state index in [0.29, 0.717) is 0 Å². The second-order valence-electron chi connectivity index (χ2n) is 3.39. The van der Waals surface area contributed by atoms with Crippen molar-refractivity contribution in [3.05, 3.63) is 28.5 Å². The fourth-order valence-corrected chi connectivity index (χ4v) is 1.66. The minimum absolute atomic E-state index is 0.198. The molecule has 1 heterocycles. The highest BCUT2D eigenvalue weighted by Gasteiger charge is 2.44. The normalized spacial score (nSPS) is 15.5. The van der Waals surface area contributed by atoms with E-state index in [9.17, 15) is 4.79 Å². The molecule has 0 aromatic carbocycles. The quantitative estimate of drug-likeness (QED) is 0.774. The number of carbonyl (C=O) groups excluding carboxylic acids is 1. The van der Waals surface area contributed by atoms with Gasteiger partial charge in [-0.2, -0.15) is 5.26 Å². The summed E-state index contributed by atoms with van der Waals surface area (Å²) in [6.45, 7) is 1.43. The van der Waals surface area contributed by atoms with Gasteiger partial charge in [-0.15, -0.1) is 0 Å². The Morgan fingerprint density at radius 1 is 1.60 bits per heavy atom. The number of halogens is 1. The van der Waals surface area contributed by atoms with Crippen LogP contribution in [0.5, 0.6) is 0 Å². The number of hydrogen-bond acceptors (Lipinski definition) is 3. The largest absolute Gasteiger partial charge is 0.302 e. The molecule has 0 spiro atoms. The maximum atomic E-state index is 10.8. The Hall–Kier alpha value is -1.21. The number of pyridine rings is 1. The van der Waals surface area contributed by atoms with Gasteiger partial charge >= 0.3 is 0 Å². The molecule has 0 radical (unpaired) electrons. The molecular formula is C11H11BrN2O. The zero-order valence-electron chi connectivity index (χ0n) is 8.40. The van der Waals surface area contributed by atoms with Gasteiger partial charge in [0.25, 0.3) is 0 Å².